The number of hydrogen-bond acceptors (Lipinski definition) is 7. The van der Waals surface area contributed by atoms with E-state index in [0.717, 1.165) is 11.1 Å². The Morgan fingerprint density at radius 3 is 1.95 bits per heavy atom. The fourth-order valence-corrected chi connectivity index (χ4v) is 6.01. The van der Waals surface area contributed by atoms with Gasteiger partial charge in [0.25, 0.3) is 0 Å². The first-order valence-electron chi connectivity index (χ1n) is 13.2. The van der Waals surface area contributed by atoms with Gasteiger partial charge in [-0.05, 0) is 58.7 Å². The van der Waals surface area contributed by atoms with Gasteiger partial charge >= 0.3 is 11.9 Å². The smallest absolute Gasteiger partial charge is 0.315 e. The molecule has 2 atom stereocenters. The molecule has 1 fully saturated rings. The largest absolute Gasteiger partial charge is 0.496 e. The van der Waals surface area contributed by atoms with Gasteiger partial charge < -0.3 is 28.8 Å². The maximum atomic E-state index is 14.0. The number of carboxylic acids is 1. The average molecular weight is 553 g/mol. The Morgan fingerprint density at radius 1 is 0.707 bits per heavy atom. The third kappa shape index (κ3) is 4.71. The van der Waals surface area contributed by atoms with Crippen LogP contribution in [-0.4, -0.2) is 38.1 Å². The zero-order valence-electron chi connectivity index (χ0n) is 22.5. The van der Waals surface area contributed by atoms with Gasteiger partial charge in [0.2, 0.25) is 6.79 Å². The molecule has 4 aromatic carbocycles. The highest BCUT2D eigenvalue weighted by atomic mass is 16.7. The van der Waals surface area contributed by atoms with E-state index in [4.69, 9.17) is 23.7 Å². The predicted octanol–water partition coefficient (Wildman–Crippen LogP) is 5.90. The molecule has 1 aliphatic heterocycles. The summed E-state index contributed by atoms with van der Waals surface area (Å²) in [4.78, 5) is 26.7. The Labute approximate surface area is 237 Å². The molecule has 0 spiro atoms. The van der Waals surface area contributed by atoms with E-state index in [-0.39, 0.29) is 6.79 Å². The lowest BCUT2D eigenvalue weighted by atomic mass is 9.52. The molecule has 0 radical (unpaired) electrons. The van der Waals surface area contributed by atoms with Gasteiger partial charge in [0.15, 0.2) is 11.5 Å². The van der Waals surface area contributed by atoms with Gasteiger partial charge in [0.05, 0.1) is 26.1 Å². The fourth-order valence-electron chi connectivity index (χ4n) is 6.01. The molecule has 1 N–H and O–H groups in total. The Bertz CT molecular complexity index is 1560. The summed E-state index contributed by atoms with van der Waals surface area (Å²) >= 11 is 0. The number of rotatable bonds is 8. The van der Waals surface area contributed by atoms with Crippen molar-refractivity contribution in [1.29, 1.82) is 0 Å². The highest BCUT2D eigenvalue weighted by Gasteiger charge is 2.60. The van der Waals surface area contributed by atoms with Crippen LogP contribution in [0, 0.1) is 11.8 Å². The maximum absolute atomic E-state index is 14.0. The quantitative estimate of drug-likeness (QED) is 0.213. The van der Waals surface area contributed by atoms with Gasteiger partial charge in [-0.15, -0.1) is 0 Å². The number of hydrogen-bond donors (Lipinski definition) is 1. The topological polar surface area (TPSA) is 101 Å². The van der Waals surface area contributed by atoms with Crippen LogP contribution in [-0.2, 0) is 9.59 Å². The van der Waals surface area contributed by atoms with Gasteiger partial charge in [0.1, 0.15) is 17.2 Å². The molecule has 1 saturated carbocycles. The van der Waals surface area contributed by atoms with Crippen molar-refractivity contribution in [1.82, 2.24) is 0 Å². The molecule has 0 aromatic heterocycles. The summed E-state index contributed by atoms with van der Waals surface area (Å²) in [5.41, 5.74) is 2.99. The number of carbonyl (C=O) groups excluding carboxylic acids is 1. The lowest BCUT2D eigenvalue weighted by Crippen LogP contribution is -2.52. The number of ether oxygens (including phenoxy) is 5. The van der Waals surface area contributed by atoms with Gasteiger partial charge in [-0.2, -0.15) is 0 Å². The third-order valence-corrected chi connectivity index (χ3v) is 7.86. The average Bonchev–Trinajstić information content (AvgIpc) is 3.45. The molecule has 41 heavy (non-hydrogen) atoms. The van der Waals surface area contributed by atoms with Gasteiger partial charge in [-0.1, -0.05) is 54.6 Å². The van der Waals surface area contributed by atoms with Crippen LogP contribution in [0.3, 0.4) is 0 Å². The van der Waals surface area contributed by atoms with E-state index in [0.29, 0.717) is 39.9 Å². The first-order chi connectivity index (χ1) is 20.0. The van der Waals surface area contributed by atoms with Crippen molar-refractivity contribution in [3.63, 3.8) is 0 Å². The second kappa shape index (κ2) is 10.9. The molecule has 0 amide bonds. The van der Waals surface area contributed by atoms with E-state index in [9.17, 15) is 14.7 Å². The van der Waals surface area contributed by atoms with Crippen molar-refractivity contribution >= 4 is 11.9 Å². The second-order valence-electron chi connectivity index (χ2n) is 9.94. The highest BCUT2D eigenvalue weighted by Crippen LogP contribution is 2.60. The van der Waals surface area contributed by atoms with Crippen molar-refractivity contribution < 1.29 is 38.4 Å². The van der Waals surface area contributed by atoms with Crippen molar-refractivity contribution in [3.8, 4) is 39.9 Å². The molecular weight excluding hydrogens is 524 g/mol. The summed E-state index contributed by atoms with van der Waals surface area (Å²) < 4.78 is 28.0. The zero-order chi connectivity index (χ0) is 28.5. The molecule has 0 saturated heterocycles. The van der Waals surface area contributed by atoms with Crippen LogP contribution in [0.25, 0.3) is 11.1 Å². The van der Waals surface area contributed by atoms with E-state index in [1.54, 1.807) is 42.5 Å². The van der Waals surface area contributed by atoms with Crippen LogP contribution in [0.2, 0.25) is 0 Å². The summed E-state index contributed by atoms with van der Waals surface area (Å²) in [6.07, 6.45) is 0. The second-order valence-corrected chi connectivity index (χ2v) is 9.94. The molecule has 4 aromatic rings. The molecule has 2 aliphatic rings. The monoisotopic (exact) mass is 552 g/mol. The van der Waals surface area contributed by atoms with Crippen LogP contribution in [0.4, 0.5) is 0 Å². The minimum Gasteiger partial charge on any atom is -0.496 e. The number of para-hydroxylation sites is 2. The first kappa shape index (κ1) is 26.3. The Balaban J connectivity index is 1.37. The van der Waals surface area contributed by atoms with Gasteiger partial charge in [0, 0.05) is 11.8 Å². The molecule has 8 heteroatoms. The van der Waals surface area contributed by atoms with Crippen LogP contribution >= 0.6 is 0 Å². The van der Waals surface area contributed by atoms with Crippen LogP contribution in [0.1, 0.15) is 23.0 Å². The molecule has 8 nitrogen and oxygen atoms in total. The number of benzene rings is 4. The number of methoxy groups -OCH3 is 2. The Hall–Kier alpha value is -4.98. The minimum atomic E-state index is -1.01. The van der Waals surface area contributed by atoms with Crippen LogP contribution in [0.15, 0.2) is 91.0 Å². The predicted molar refractivity (Wildman–Crippen MR) is 150 cm³/mol. The molecule has 1 heterocycles. The van der Waals surface area contributed by atoms with E-state index < -0.39 is 35.6 Å². The fraction of sp³-hybridized carbons (Fsp3) is 0.212. The van der Waals surface area contributed by atoms with E-state index in [2.05, 4.69) is 0 Å². The van der Waals surface area contributed by atoms with Crippen molar-refractivity contribution in [2.45, 2.75) is 11.8 Å². The molecule has 0 bridgehead atoms. The summed E-state index contributed by atoms with van der Waals surface area (Å²) in [7, 11) is 3.06. The summed E-state index contributed by atoms with van der Waals surface area (Å²) in [6.45, 7) is 0.176. The zero-order valence-corrected chi connectivity index (χ0v) is 22.5. The summed E-state index contributed by atoms with van der Waals surface area (Å²) in [5, 5.41) is 10.4. The number of esters is 1. The molecule has 208 valence electrons. The number of fused-ring (bicyclic) bond motifs is 1. The first-order valence-corrected chi connectivity index (χ1v) is 13.2. The lowest BCUT2D eigenvalue weighted by molar-refractivity contribution is -0.158. The number of carbonyl (C=O) groups is 2. The Morgan fingerprint density at radius 2 is 1.32 bits per heavy atom. The van der Waals surface area contributed by atoms with Crippen molar-refractivity contribution in [2.75, 3.05) is 21.0 Å². The third-order valence-electron chi connectivity index (χ3n) is 7.86. The van der Waals surface area contributed by atoms with Crippen LogP contribution < -0.4 is 23.7 Å². The van der Waals surface area contributed by atoms with Gasteiger partial charge in [-0.3, -0.25) is 9.59 Å². The van der Waals surface area contributed by atoms with E-state index in [1.807, 2.05) is 48.5 Å². The molecule has 1 aliphatic carbocycles. The SMILES string of the molecule is COc1ccccc1[C@@H]1C(C(=O)O)[C@@H](c2ccccc2OC)C1C(=O)Oc1cccc(-c2ccc3c(c2)OCO3)c1. The highest BCUT2D eigenvalue weighted by molar-refractivity contribution is 5.86. The van der Waals surface area contributed by atoms with E-state index in [1.165, 1.54) is 14.2 Å². The van der Waals surface area contributed by atoms with E-state index >= 15 is 0 Å². The normalized spacial score (nSPS) is 20.5. The number of carboxylic acid groups (broad SMARTS) is 1. The van der Waals surface area contributed by atoms with Crippen molar-refractivity contribution in [3.05, 3.63) is 102 Å². The van der Waals surface area contributed by atoms with Gasteiger partial charge in [-0.25, -0.2) is 0 Å². The Kier molecular flexibility index (Phi) is 6.97. The molecule has 6 rings (SSSR count). The molecular formula is C33H28O8. The standard InChI is InChI=1S/C33H28O8/c1-37-24-12-5-3-10-22(24)28-30(32(34)35)29(23-11-4-6-13-25(23)38-2)31(28)33(36)41-21-9-7-8-19(16-21)20-14-15-26-27(17-20)40-18-39-26/h3-17,28-31H,18H2,1-2H3,(H,34,35)/t28-,29-,30?,31?/m1/s1. The molecule has 0 unspecified atom stereocenters. The number of aliphatic carboxylic acids is 1. The lowest BCUT2D eigenvalue weighted by Gasteiger charge is -2.49. The summed E-state index contributed by atoms with van der Waals surface area (Å²) in [5.74, 6) is -1.89. The maximum Gasteiger partial charge on any atom is 0.315 e. The minimum absolute atomic E-state index is 0.176. The van der Waals surface area contributed by atoms with Crippen LogP contribution in [0.5, 0.6) is 28.7 Å². The summed E-state index contributed by atoms with van der Waals surface area (Å²) in [6, 6.07) is 27.2. The van der Waals surface area contributed by atoms with Crippen molar-refractivity contribution in [2.24, 2.45) is 11.8 Å².